The van der Waals surface area contributed by atoms with Gasteiger partial charge < -0.3 is 15.2 Å². The van der Waals surface area contributed by atoms with Gasteiger partial charge in [0.25, 0.3) is 0 Å². The number of rotatable bonds is 4. The minimum absolute atomic E-state index is 0.0816. The number of carboxylic acid groups (broad SMARTS) is 1. The van der Waals surface area contributed by atoms with Crippen molar-refractivity contribution in [2.45, 2.75) is 51.9 Å². The molecule has 1 aliphatic heterocycles. The van der Waals surface area contributed by atoms with Crippen LogP contribution in [0.2, 0.25) is 0 Å². The number of ether oxygens (including phenoxy) is 1. The Morgan fingerprint density at radius 1 is 1.38 bits per heavy atom. The SMILES string of the molecule is CC1CCC(C(=O)N[C@H](C(=O)O)C(C)C)O1. The molecule has 0 aromatic heterocycles. The summed E-state index contributed by atoms with van der Waals surface area (Å²) in [4.78, 5) is 22.6. The van der Waals surface area contributed by atoms with E-state index in [1.165, 1.54) is 0 Å². The lowest BCUT2D eigenvalue weighted by molar-refractivity contribution is -0.145. The van der Waals surface area contributed by atoms with Gasteiger partial charge >= 0.3 is 5.97 Å². The van der Waals surface area contributed by atoms with E-state index in [-0.39, 0.29) is 17.9 Å². The number of nitrogens with one attached hydrogen (secondary N) is 1. The second-order valence-electron chi connectivity index (χ2n) is 4.58. The first-order valence-corrected chi connectivity index (χ1v) is 5.60. The van der Waals surface area contributed by atoms with Gasteiger partial charge in [0, 0.05) is 0 Å². The molecule has 0 aromatic rings. The van der Waals surface area contributed by atoms with Crippen molar-refractivity contribution in [3.8, 4) is 0 Å². The maximum atomic E-state index is 11.7. The Hall–Kier alpha value is -1.10. The highest BCUT2D eigenvalue weighted by molar-refractivity contribution is 5.86. The van der Waals surface area contributed by atoms with E-state index in [1.807, 2.05) is 6.92 Å². The Bertz CT molecular complexity index is 277. The lowest BCUT2D eigenvalue weighted by atomic mass is 10.0. The molecule has 0 saturated carbocycles. The van der Waals surface area contributed by atoms with E-state index >= 15 is 0 Å². The first-order valence-electron chi connectivity index (χ1n) is 5.60. The number of carboxylic acids is 1. The third kappa shape index (κ3) is 3.20. The predicted molar refractivity (Wildman–Crippen MR) is 58.0 cm³/mol. The molecule has 5 heteroatoms. The van der Waals surface area contributed by atoms with Gasteiger partial charge in [0.1, 0.15) is 12.1 Å². The van der Waals surface area contributed by atoms with Crippen LogP contribution >= 0.6 is 0 Å². The van der Waals surface area contributed by atoms with Crippen molar-refractivity contribution >= 4 is 11.9 Å². The van der Waals surface area contributed by atoms with Gasteiger partial charge in [-0.15, -0.1) is 0 Å². The predicted octanol–water partition coefficient (Wildman–Crippen LogP) is 0.779. The summed E-state index contributed by atoms with van der Waals surface area (Å²) in [5, 5.41) is 11.4. The fraction of sp³-hybridized carbons (Fsp3) is 0.818. The average Bonchev–Trinajstić information content (AvgIpc) is 2.59. The standard InChI is InChI=1S/C11H19NO4/c1-6(2)9(11(14)15)12-10(13)8-5-4-7(3)16-8/h6-9H,4-5H2,1-3H3,(H,12,13)(H,14,15)/t7?,8?,9-/m0/s1. The lowest BCUT2D eigenvalue weighted by Crippen LogP contribution is -2.48. The molecule has 1 saturated heterocycles. The molecule has 0 bridgehead atoms. The van der Waals surface area contributed by atoms with Crippen molar-refractivity contribution in [3.63, 3.8) is 0 Å². The van der Waals surface area contributed by atoms with Crippen LogP contribution in [-0.2, 0) is 14.3 Å². The molecule has 16 heavy (non-hydrogen) atoms. The fourth-order valence-electron chi connectivity index (χ4n) is 1.76. The molecule has 1 rings (SSSR count). The molecule has 5 nitrogen and oxygen atoms in total. The van der Waals surface area contributed by atoms with Crippen molar-refractivity contribution in [3.05, 3.63) is 0 Å². The molecule has 3 atom stereocenters. The van der Waals surface area contributed by atoms with Crippen LogP contribution in [0.25, 0.3) is 0 Å². The van der Waals surface area contributed by atoms with Crippen LogP contribution < -0.4 is 5.32 Å². The van der Waals surface area contributed by atoms with E-state index in [0.29, 0.717) is 6.42 Å². The molecule has 1 fully saturated rings. The topological polar surface area (TPSA) is 75.6 Å². The summed E-state index contributed by atoms with van der Waals surface area (Å²) in [7, 11) is 0. The normalized spacial score (nSPS) is 26.8. The van der Waals surface area contributed by atoms with Gasteiger partial charge in [-0.25, -0.2) is 4.79 Å². The van der Waals surface area contributed by atoms with Crippen LogP contribution in [0.5, 0.6) is 0 Å². The summed E-state index contributed by atoms with van der Waals surface area (Å²) in [6, 6.07) is -0.841. The molecular weight excluding hydrogens is 210 g/mol. The summed E-state index contributed by atoms with van der Waals surface area (Å²) in [6.45, 7) is 5.43. The molecule has 1 amide bonds. The van der Waals surface area contributed by atoms with E-state index in [1.54, 1.807) is 13.8 Å². The maximum Gasteiger partial charge on any atom is 0.326 e. The molecule has 0 radical (unpaired) electrons. The zero-order valence-corrected chi connectivity index (χ0v) is 9.90. The van der Waals surface area contributed by atoms with E-state index < -0.39 is 18.1 Å². The summed E-state index contributed by atoms with van der Waals surface area (Å²) in [6.07, 6.45) is 1.10. The summed E-state index contributed by atoms with van der Waals surface area (Å²) in [5.74, 6) is -1.46. The molecule has 1 aliphatic rings. The number of aliphatic carboxylic acids is 1. The third-order valence-corrected chi connectivity index (χ3v) is 2.75. The highest BCUT2D eigenvalue weighted by Crippen LogP contribution is 2.19. The first kappa shape index (κ1) is 13.0. The van der Waals surface area contributed by atoms with Crippen LogP contribution in [0.3, 0.4) is 0 Å². The van der Waals surface area contributed by atoms with Crippen molar-refractivity contribution in [1.82, 2.24) is 5.32 Å². The maximum absolute atomic E-state index is 11.7. The van der Waals surface area contributed by atoms with Crippen molar-refractivity contribution < 1.29 is 19.4 Å². The van der Waals surface area contributed by atoms with Crippen molar-refractivity contribution in [2.75, 3.05) is 0 Å². The molecule has 2 unspecified atom stereocenters. The molecule has 0 aliphatic carbocycles. The van der Waals surface area contributed by atoms with Gasteiger partial charge in [-0.05, 0) is 25.7 Å². The molecule has 0 aromatic carbocycles. The quantitative estimate of drug-likeness (QED) is 0.747. The Labute approximate surface area is 95.2 Å². The van der Waals surface area contributed by atoms with Gasteiger partial charge in [-0.1, -0.05) is 13.8 Å². The molecule has 0 spiro atoms. The average molecular weight is 229 g/mol. The van der Waals surface area contributed by atoms with E-state index in [2.05, 4.69) is 5.32 Å². The minimum Gasteiger partial charge on any atom is -0.480 e. The summed E-state index contributed by atoms with van der Waals surface area (Å²) >= 11 is 0. The van der Waals surface area contributed by atoms with Gasteiger partial charge in [0.05, 0.1) is 6.10 Å². The largest absolute Gasteiger partial charge is 0.480 e. The van der Waals surface area contributed by atoms with Gasteiger partial charge in [0.15, 0.2) is 0 Å². The van der Waals surface area contributed by atoms with Crippen LogP contribution in [0.1, 0.15) is 33.6 Å². The second-order valence-corrected chi connectivity index (χ2v) is 4.58. The molecule has 1 heterocycles. The van der Waals surface area contributed by atoms with E-state index in [9.17, 15) is 9.59 Å². The van der Waals surface area contributed by atoms with Gasteiger partial charge in [-0.3, -0.25) is 4.79 Å². The number of carbonyl (C=O) groups is 2. The Kier molecular flexibility index (Phi) is 4.29. The molecular formula is C11H19NO4. The first-order chi connectivity index (χ1) is 7.41. The van der Waals surface area contributed by atoms with Gasteiger partial charge in [0.2, 0.25) is 5.91 Å². The van der Waals surface area contributed by atoms with Crippen LogP contribution in [0, 0.1) is 5.92 Å². The van der Waals surface area contributed by atoms with Crippen LogP contribution in [-0.4, -0.2) is 35.2 Å². The van der Waals surface area contributed by atoms with Crippen molar-refractivity contribution in [1.29, 1.82) is 0 Å². The summed E-state index contributed by atoms with van der Waals surface area (Å²) < 4.78 is 5.38. The zero-order chi connectivity index (χ0) is 12.3. The van der Waals surface area contributed by atoms with Crippen LogP contribution in [0.15, 0.2) is 0 Å². The smallest absolute Gasteiger partial charge is 0.326 e. The number of hydrogen-bond acceptors (Lipinski definition) is 3. The van der Waals surface area contributed by atoms with E-state index in [4.69, 9.17) is 9.84 Å². The molecule has 2 N–H and O–H groups in total. The van der Waals surface area contributed by atoms with Crippen molar-refractivity contribution in [2.24, 2.45) is 5.92 Å². The Balaban J connectivity index is 2.52. The lowest BCUT2D eigenvalue weighted by Gasteiger charge is -2.20. The minimum atomic E-state index is -1.01. The fourth-order valence-corrected chi connectivity index (χ4v) is 1.76. The number of amides is 1. The zero-order valence-electron chi connectivity index (χ0n) is 9.90. The number of carbonyl (C=O) groups excluding carboxylic acids is 1. The van der Waals surface area contributed by atoms with Crippen LogP contribution in [0.4, 0.5) is 0 Å². The summed E-state index contributed by atoms with van der Waals surface area (Å²) in [5.41, 5.74) is 0. The Morgan fingerprint density at radius 3 is 2.38 bits per heavy atom. The van der Waals surface area contributed by atoms with Gasteiger partial charge in [-0.2, -0.15) is 0 Å². The number of hydrogen-bond donors (Lipinski definition) is 2. The molecule has 92 valence electrons. The third-order valence-electron chi connectivity index (χ3n) is 2.75. The Morgan fingerprint density at radius 2 is 2.00 bits per heavy atom. The monoisotopic (exact) mass is 229 g/mol. The highest BCUT2D eigenvalue weighted by Gasteiger charge is 2.32. The second kappa shape index (κ2) is 5.30. The highest BCUT2D eigenvalue weighted by atomic mass is 16.5. The van der Waals surface area contributed by atoms with E-state index in [0.717, 1.165) is 6.42 Å².